The molecule has 0 spiro atoms. The third-order valence-electron chi connectivity index (χ3n) is 2.30. The van der Waals surface area contributed by atoms with Crippen LogP contribution in [0.2, 0.25) is 0 Å². The van der Waals surface area contributed by atoms with Gasteiger partial charge in [-0.3, -0.25) is 14.5 Å². The van der Waals surface area contributed by atoms with E-state index in [1.165, 1.54) is 18.2 Å². The minimum Gasteiger partial charge on any atom is -0.493 e. The molecule has 1 radical (unpaired) electrons. The van der Waals surface area contributed by atoms with Crippen molar-refractivity contribution in [3.05, 3.63) is 39.8 Å². The molecule has 0 atom stereocenters. The van der Waals surface area contributed by atoms with Crippen LogP contribution in [0.15, 0.2) is 18.2 Å². The summed E-state index contributed by atoms with van der Waals surface area (Å²) in [5.41, 5.74) is 0.409. The monoisotopic (exact) mass is 240 g/mol. The molecular formula is C12H15FNO3. The van der Waals surface area contributed by atoms with Gasteiger partial charge in [-0.2, -0.15) is 0 Å². The Bertz CT molecular complexity index is 395. The van der Waals surface area contributed by atoms with Crippen molar-refractivity contribution in [1.29, 1.82) is 0 Å². The fraction of sp³-hybridized carbons (Fsp3) is 0.417. The molecule has 1 aromatic rings. The SMILES string of the molecule is CCCOc1ccc([N+](=O)[O-])cc1[C](C)CF. The van der Waals surface area contributed by atoms with E-state index in [1.807, 2.05) is 6.92 Å². The predicted octanol–water partition coefficient (Wildman–Crippen LogP) is 3.30. The van der Waals surface area contributed by atoms with Gasteiger partial charge in [-0.1, -0.05) is 13.8 Å². The van der Waals surface area contributed by atoms with E-state index in [0.717, 1.165) is 6.42 Å². The highest BCUT2D eigenvalue weighted by atomic mass is 19.1. The molecule has 0 amide bonds. The van der Waals surface area contributed by atoms with Crippen molar-refractivity contribution in [1.82, 2.24) is 0 Å². The molecule has 0 fully saturated rings. The molecule has 0 aliphatic carbocycles. The van der Waals surface area contributed by atoms with Crippen LogP contribution in [0.25, 0.3) is 0 Å². The van der Waals surface area contributed by atoms with Crippen LogP contribution >= 0.6 is 0 Å². The Morgan fingerprint density at radius 3 is 2.76 bits per heavy atom. The summed E-state index contributed by atoms with van der Waals surface area (Å²) in [7, 11) is 0. The summed E-state index contributed by atoms with van der Waals surface area (Å²) in [4.78, 5) is 10.1. The second kappa shape index (κ2) is 6.18. The molecule has 0 heterocycles. The van der Waals surface area contributed by atoms with E-state index in [0.29, 0.717) is 23.8 Å². The second-order valence-corrected chi connectivity index (χ2v) is 3.70. The van der Waals surface area contributed by atoms with E-state index in [2.05, 4.69) is 0 Å². The lowest BCUT2D eigenvalue weighted by atomic mass is 10.0. The van der Waals surface area contributed by atoms with Crippen LogP contribution in [-0.4, -0.2) is 18.2 Å². The minimum atomic E-state index is -0.649. The van der Waals surface area contributed by atoms with Gasteiger partial charge in [0.05, 0.1) is 18.2 Å². The van der Waals surface area contributed by atoms with Crippen LogP contribution in [0.3, 0.4) is 0 Å². The van der Waals surface area contributed by atoms with Crippen LogP contribution in [0.4, 0.5) is 10.1 Å². The molecule has 0 aliphatic rings. The molecule has 0 aromatic heterocycles. The quantitative estimate of drug-likeness (QED) is 0.566. The zero-order valence-electron chi connectivity index (χ0n) is 9.90. The van der Waals surface area contributed by atoms with E-state index in [4.69, 9.17) is 4.74 Å². The summed E-state index contributed by atoms with van der Waals surface area (Å²) >= 11 is 0. The molecule has 17 heavy (non-hydrogen) atoms. The van der Waals surface area contributed by atoms with E-state index in [1.54, 1.807) is 6.92 Å². The fourth-order valence-electron chi connectivity index (χ4n) is 1.37. The van der Waals surface area contributed by atoms with Crippen molar-refractivity contribution in [2.75, 3.05) is 13.3 Å². The first-order valence-corrected chi connectivity index (χ1v) is 5.40. The summed E-state index contributed by atoms with van der Waals surface area (Å²) in [6.07, 6.45) is 0.825. The average Bonchev–Trinajstić information content (AvgIpc) is 2.35. The third-order valence-corrected chi connectivity index (χ3v) is 2.30. The number of nitro groups is 1. The summed E-state index contributed by atoms with van der Waals surface area (Å²) in [5, 5.41) is 10.7. The first-order valence-electron chi connectivity index (χ1n) is 5.40. The van der Waals surface area contributed by atoms with Crippen LogP contribution in [0.1, 0.15) is 25.8 Å². The van der Waals surface area contributed by atoms with Crippen LogP contribution in [0, 0.1) is 16.0 Å². The van der Waals surface area contributed by atoms with E-state index < -0.39 is 11.6 Å². The van der Waals surface area contributed by atoms with Gasteiger partial charge in [0.2, 0.25) is 0 Å². The molecule has 1 rings (SSSR count). The number of alkyl halides is 1. The maximum Gasteiger partial charge on any atom is 0.269 e. The molecule has 0 aliphatic heterocycles. The maximum absolute atomic E-state index is 12.6. The van der Waals surface area contributed by atoms with Gasteiger partial charge >= 0.3 is 0 Å². The highest BCUT2D eigenvalue weighted by molar-refractivity contribution is 5.50. The molecule has 0 bridgehead atoms. The fourth-order valence-corrected chi connectivity index (χ4v) is 1.37. The first-order chi connectivity index (χ1) is 8.10. The largest absolute Gasteiger partial charge is 0.493 e. The average molecular weight is 240 g/mol. The molecule has 93 valence electrons. The Hall–Kier alpha value is -1.65. The van der Waals surface area contributed by atoms with Gasteiger partial charge < -0.3 is 4.74 Å². The number of ether oxygens (including phenoxy) is 1. The number of hydrogen-bond acceptors (Lipinski definition) is 3. The molecular weight excluding hydrogens is 225 g/mol. The van der Waals surface area contributed by atoms with E-state index >= 15 is 0 Å². The van der Waals surface area contributed by atoms with Crippen molar-refractivity contribution in [2.45, 2.75) is 20.3 Å². The smallest absolute Gasteiger partial charge is 0.269 e. The lowest BCUT2D eigenvalue weighted by Crippen LogP contribution is -2.04. The van der Waals surface area contributed by atoms with Crippen molar-refractivity contribution < 1.29 is 14.1 Å². The number of hydrogen-bond donors (Lipinski definition) is 0. The highest BCUT2D eigenvalue weighted by Crippen LogP contribution is 2.30. The number of rotatable bonds is 6. The zero-order chi connectivity index (χ0) is 12.8. The lowest BCUT2D eigenvalue weighted by Gasteiger charge is -2.13. The Labute approximate surface area is 99.6 Å². The number of non-ortho nitro benzene ring substituents is 1. The predicted molar refractivity (Wildman–Crippen MR) is 62.9 cm³/mol. The van der Waals surface area contributed by atoms with Crippen molar-refractivity contribution in [3.8, 4) is 5.75 Å². The standard InChI is InChI=1S/C12H15FNO3/c1-3-6-17-12-5-4-10(14(15)16)7-11(12)9(2)8-13/h4-5,7H,3,6,8H2,1-2H3. The summed E-state index contributed by atoms with van der Waals surface area (Å²) in [6.45, 7) is 3.41. The van der Waals surface area contributed by atoms with Crippen LogP contribution in [-0.2, 0) is 0 Å². The summed E-state index contributed by atoms with van der Waals surface area (Å²) < 4.78 is 18.1. The van der Waals surface area contributed by atoms with Gasteiger partial charge in [-0.25, -0.2) is 0 Å². The van der Waals surface area contributed by atoms with Crippen LogP contribution < -0.4 is 4.74 Å². The minimum absolute atomic E-state index is 0.0587. The van der Waals surface area contributed by atoms with E-state index in [-0.39, 0.29) is 5.69 Å². The number of nitrogens with zero attached hydrogens (tertiary/aromatic N) is 1. The molecule has 5 heteroatoms. The van der Waals surface area contributed by atoms with Gasteiger partial charge in [0.1, 0.15) is 5.75 Å². The molecule has 0 N–H and O–H groups in total. The Morgan fingerprint density at radius 1 is 1.53 bits per heavy atom. The molecule has 0 saturated heterocycles. The molecule has 1 aromatic carbocycles. The number of halogens is 1. The lowest BCUT2D eigenvalue weighted by molar-refractivity contribution is -0.384. The van der Waals surface area contributed by atoms with Crippen LogP contribution in [0.5, 0.6) is 5.75 Å². The molecule has 0 unspecified atom stereocenters. The Morgan fingerprint density at radius 2 is 2.24 bits per heavy atom. The highest BCUT2D eigenvalue weighted by Gasteiger charge is 2.17. The number of nitro benzene ring substituents is 1. The van der Waals surface area contributed by atoms with Gasteiger partial charge in [0, 0.05) is 23.6 Å². The Balaban J connectivity index is 3.07. The van der Waals surface area contributed by atoms with Gasteiger partial charge in [-0.05, 0) is 12.5 Å². The number of benzene rings is 1. The van der Waals surface area contributed by atoms with Crippen molar-refractivity contribution in [2.24, 2.45) is 0 Å². The zero-order valence-corrected chi connectivity index (χ0v) is 9.90. The van der Waals surface area contributed by atoms with E-state index in [9.17, 15) is 14.5 Å². The Kier molecular flexibility index (Phi) is 4.87. The summed E-state index contributed by atoms with van der Waals surface area (Å²) in [6, 6.07) is 4.22. The maximum atomic E-state index is 12.6. The van der Waals surface area contributed by atoms with Gasteiger partial charge in [0.15, 0.2) is 0 Å². The summed E-state index contributed by atoms with van der Waals surface area (Å²) in [5.74, 6) is 0.924. The van der Waals surface area contributed by atoms with Crippen molar-refractivity contribution >= 4 is 5.69 Å². The second-order valence-electron chi connectivity index (χ2n) is 3.70. The van der Waals surface area contributed by atoms with Gasteiger partial charge in [0.25, 0.3) is 5.69 Å². The molecule has 0 saturated carbocycles. The topological polar surface area (TPSA) is 52.4 Å². The third kappa shape index (κ3) is 3.41. The van der Waals surface area contributed by atoms with Crippen molar-refractivity contribution in [3.63, 3.8) is 0 Å². The van der Waals surface area contributed by atoms with Gasteiger partial charge in [-0.15, -0.1) is 0 Å². The normalized spacial score (nSPS) is 10.6. The first kappa shape index (κ1) is 13.4. The molecule has 4 nitrogen and oxygen atoms in total.